The highest BCUT2D eigenvalue weighted by atomic mass is 35.5. The normalized spacial score (nSPS) is 12.7. The molecule has 0 amide bonds. The summed E-state index contributed by atoms with van der Waals surface area (Å²) >= 11 is 5.92. The van der Waals surface area contributed by atoms with E-state index in [-0.39, 0.29) is 18.0 Å². The fraction of sp³-hybridized carbons (Fsp3) is 0.0667. The molecule has 21 heavy (non-hydrogen) atoms. The van der Waals surface area contributed by atoms with E-state index in [0.29, 0.717) is 5.02 Å². The molecule has 0 fully saturated rings. The molecule has 5 nitrogen and oxygen atoms in total. The van der Waals surface area contributed by atoms with Crippen molar-refractivity contribution in [2.75, 3.05) is 0 Å². The predicted molar refractivity (Wildman–Crippen MR) is 87.2 cm³/mol. The van der Waals surface area contributed by atoms with Crippen LogP contribution in [-0.4, -0.2) is 11.9 Å². The number of benzene rings is 2. The van der Waals surface area contributed by atoms with Gasteiger partial charge in [-0.15, -0.1) is 0 Å². The molecule has 2 aromatic carbocycles. The minimum atomic E-state index is -0.299. The number of guanidine groups is 2. The van der Waals surface area contributed by atoms with Crippen LogP contribution in [0.3, 0.4) is 0 Å². The Hall–Kier alpha value is -2.53. The summed E-state index contributed by atoms with van der Waals surface area (Å²) in [6.07, 6.45) is 0. The van der Waals surface area contributed by atoms with Crippen LogP contribution in [0.15, 0.2) is 64.6 Å². The molecule has 0 radical (unpaired) electrons. The van der Waals surface area contributed by atoms with Gasteiger partial charge in [0, 0.05) is 5.02 Å². The zero-order valence-electron chi connectivity index (χ0n) is 11.3. The molecule has 1 unspecified atom stereocenters. The quantitative estimate of drug-likeness (QED) is 0.597. The van der Waals surface area contributed by atoms with Gasteiger partial charge in [0.15, 0.2) is 5.96 Å². The van der Waals surface area contributed by atoms with Crippen LogP contribution in [0, 0.1) is 0 Å². The van der Waals surface area contributed by atoms with E-state index < -0.39 is 0 Å². The summed E-state index contributed by atoms with van der Waals surface area (Å²) < 4.78 is 0. The maximum absolute atomic E-state index is 5.92. The van der Waals surface area contributed by atoms with Crippen LogP contribution in [0.4, 0.5) is 0 Å². The molecule has 1 atom stereocenters. The Balaban J connectivity index is 2.45. The Morgan fingerprint density at radius 2 is 1.43 bits per heavy atom. The summed E-state index contributed by atoms with van der Waals surface area (Å²) in [7, 11) is 0. The highest BCUT2D eigenvalue weighted by molar-refractivity contribution is 6.30. The van der Waals surface area contributed by atoms with Crippen molar-refractivity contribution in [1.82, 2.24) is 0 Å². The fourth-order valence-electron chi connectivity index (χ4n) is 1.92. The van der Waals surface area contributed by atoms with E-state index in [9.17, 15) is 0 Å². The number of hydrogen-bond acceptors (Lipinski definition) is 1. The Morgan fingerprint density at radius 3 is 2.00 bits per heavy atom. The first-order valence-corrected chi connectivity index (χ1v) is 6.67. The van der Waals surface area contributed by atoms with Crippen LogP contribution in [0.5, 0.6) is 0 Å². The molecule has 0 heterocycles. The van der Waals surface area contributed by atoms with Crippen LogP contribution < -0.4 is 17.2 Å². The number of aliphatic imine (C=N–C) groups is 2. The van der Waals surface area contributed by atoms with E-state index in [1.165, 1.54) is 0 Å². The van der Waals surface area contributed by atoms with Crippen molar-refractivity contribution in [2.24, 2.45) is 27.2 Å². The minimum absolute atomic E-state index is 0.0267. The van der Waals surface area contributed by atoms with Crippen molar-refractivity contribution in [3.63, 3.8) is 0 Å². The molecule has 0 bridgehead atoms. The van der Waals surface area contributed by atoms with Crippen LogP contribution in [0.25, 0.3) is 0 Å². The summed E-state index contributed by atoms with van der Waals surface area (Å²) in [4.78, 5) is 8.15. The van der Waals surface area contributed by atoms with Gasteiger partial charge in [-0.3, -0.25) is 0 Å². The Morgan fingerprint density at radius 1 is 0.857 bits per heavy atom. The van der Waals surface area contributed by atoms with Gasteiger partial charge in [0.1, 0.15) is 6.04 Å². The lowest BCUT2D eigenvalue weighted by Crippen LogP contribution is -2.26. The summed E-state index contributed by atoms with van der Waals surface area (Å²) in [5, 5.41) is 0.659. The van der Waals surface area contributed by atoms with Crippen molar-refractivity contribution < 1.29 is 0 Å². The molecule has 0 saturated heterocycles. The van der Waals surface area contributed by atoms with E-state index in [0.717, 1.165) is 11.1 Å². The van der Waals surface area contributed by atoms with E-state index in [4.69, 9.17) is 28.8 Å². The summed E-state index contributed by atoms with van der Waals surface area (Å²) in [5.41, 5.74) is 18.3. The average molecular weight is 302 g/mol. The Kier molecular flexibility index (Phi) is 4.79. The molecule has 0 spiro atoms. The Labute approximate surface area is 128 Å². The molecule has 108 valence electrons. The van der Waals surface area contributed by atoms with Gasteiger partial charge in [0.05, 0.1) is 0 Å². The summed E-state index contributed by atoms with van der Waals surface area (Å²) in [6, 6.07) is 16.8. The van der Waals surface area contributed by atoms with Crippen LogP contribution in [0.2, 0.25) is 5.02 Å². The second-order valence-electron chi connectivity index (χ2n) is 4.39. The van der Waals surface area contributed by atoms with Gasteiger partial charge in [-0.2, -0.15) is 4.99 Å². The van der Waals surface area contributed by atoms with Gasteiger partial charge in [-0.25, -0.2) is 4.99 Å². The van der Waals surface area contributed by atoms with Crippen molar-refractivity contribution >= 4 is 23.5 Å². The molecular weight excluding hydrogens is 286 g/mol. The first-order valence-electron chi connectivity index (χ1n) is 6.29. The third-order valence-electron chi connectivity index (χ3n) is 2.81. The third-order valence-corrected chi connectivity index (χ3v) is 3.06. The number of nitrogens with two attached hydrogens (primary N) is 3. The molecule has 0 aromatic heterocycles. The number of halogens is 1. The van der Waals surface area contributed by atoms with Gasteiger partial charge < -0.3 is 17.2 Å². The molecule has 0 aliphatic rings. The molecular formula is C15H16ClN5. The average Bonchev–Trinajstić information content (AvgIpc) is 2.46. The lowest BCUT2D eigenvalue weighted by Gasteiger charge is -2.14. The van der Waals surface area contributed by atoms with Crippen LogP contribution in [-0.2, 0) is 0 Å². The van der Waals surface area contributed by atoms with E-state index >= 15 is 0 Å². The Bertz CT molecular complexity index is 646. The monoisotopic (exact) mass is 301 g/mol. The van der Waals surface area contributed by atoms with E-state index in [1.54, 1.807) is 12.1 Å². The largest absolute Gasteiger partial charge is 0.370 e. The maximum atomic E-state index is 5.92. The molecule has 6 heteroatoms. The predicted octanol–water partition coefficient (Wildman–Crippen LogP) is 2.02. The smallest absolute Gasteiger partial charge is 0.219 e. The standard InChI is InChI=1S/C15H16ClN5/c16-12-8-6-11(7-9-12)13(10-4-2-1-3-5-10)20-15(19)21-14(17)18/h1-9,13H,(H6,17,18,19,20,21). The fourth-order valence-corrected chi connectivity index (χ4v) is 2.04. The highest BCUT2D eigenvalue weighted by Gasteiger charge is 2.13. The van der Waals surface area contributed by atoms with Crippen LogP contribution in [0.1, 0.15) is 17.2 Å². The zero-order valence-corrected chi connectivity index (χ0v) is 12.0. The SMILES string of the molecule is NC(N)=NC(N)=NC(c1ccccc1)c1ccc(Cl)cc1. The molecule has 6 N–H and O–H groups in total. The van der Waals surface area contributed by atoms with Gasteiger partial charge in [-0.1, -0.05) is 54.1 Å². The van der Waals surface area contributed by atoms with Gasteiger partial charge in [0.2, 0.25) is 5.96 Å². The number of hydrogen-bond donors (Lipinski definition) is 3. The lowest BCUT2D eigenvalue weighted by molar-refractivity contribution is 0.867. The second kappa shape index (κ2) is 6.76. The molecule has 0 aliphatic heterocycles. The molecule has 2 aromatic rings. The molecule has 0 aliphatic carbocycles. The third kappa shape index (κ3) is 4.22. The lowest BCUT2D eigenvalue weighted by atomic mass is 9.99. The second-order valence-corrected chi connectivity index (χ2v) is 4.83. The molecule has 2 rings (SSSR count). The zero-order chi connectivity index (χ0) is 15.2. The first kappa shape index (κ1) is 14.9. The van der Waals surface area contributed by atoms with E-state index in [1.807, 2.05) is 42.5 Å². The summed E-state index contributed by atoms with van der Waals surface area (Å²) in [6.45, 7) is 0. The first-order chi connectivity index (χ1) is 10.1. The van der Waals surface area contributed by atoms with Crippen molar-refractivity contribution in [2.45, 2.75) is 6.04 Å². The molecule has 0 saturated carbocycles. The van der Waals surface area contributed by atoms with Gasteiger partial charge in [0.25, 0.3) is 0 Å². The van der Waals surface area contributed by atoms with Gasteiger partial charge >= 0.3 is 0 Å². The summed E-state index contributed by atoms with van der Waals surface area (Å²) in [5.74, 6) is -0.0991. The number of rotatable bonds is 3. The number of nitrogens with zero attached hydrogens (tertiary/aromatic N) is 2. The van der Waals surface area contributed by atoms with Crippen LogP contribution >= 0.6 is 11.6 Å². The maximum Gasteiger partial charge on any atom is 0.219 e. The van der Waals surface area contributed by atoms with E-state index in [2.05, 4.69) is 9.98 Å². The van der Waals surface area contributed by atoms with Crippen molar-refractivity contribution in [1.29, 1.82) is 0 Å². The van der Waals surface area contributed by atoms with Gasteiger partial charge in [-0.05, 0) is 23.3 Å². The van der Waals surface area contributed by atoms with Crippen molar-refractivity contribution in [3.05, 3.63) is 70.7 Å². The van der Waals surface area contributed by atoms with Crippen molar-refractivity contribution in [3.8, 4) is 0 Å². The minimum Gasteiger partial charge on any atom is -0.370 e. The topological polar surface area (TPSA) is 103 Å². The highest BCUT2D eigenvalue weighted by Crippen LogP contribution is 2.27.